The van der Waals surface area contributed by atoms with E-state index in [4.69, 9.17) is 0 Å². The molecule has 0 bridgehead atoms. The highest BCUT2D eigenvalue weighted by atomic mass is 15.0. The number of rotatable bonds is 5. The number of nitrogens with zero attached hydrogens (tertiary/aromatic N) is 3. The molecule has 0 aliphatic carbocycles. The molecule has 3 aromatic heterocycles. The maximum atomic E-state index is 4.08. The van der Waals surface area contributed by atoms with Crippen molar-refractivity contribution in [1.82, 2.24) is 14.5 Å². The second kappa shape index (κ2) is 8.41. The molecule has 0 radical (unpaired) electrons. The summed E-state index contributed by atoms with van der Waals surface area (Å²) < 4.78 is 2.39. The maximum absolute atomic E-state index is 4.08. The van der Waals surface area contributed by atoms with Crippen molar-refractivity contribution in [3.05, 3.63) is 108 Å². The molecule has 0 atom stereocenters. The first-order valence-electron chi connectivity index (χ1n) is 10.5. The third-order valence-electron chi connectivity index (χ3n) is 5.58. The molecule has 5 rings (SSSR count). The molecule has 0 fully saturated rings. The van der Waals surface area contributed by atoms with Gasteiger partial charge in [-0.05, 0) is 77.7 Å². The molecule has 150 valence electrons. The van der Waals surface area contributed by atoms with Crippen LogP contribution in [0.1, 0.15) is 29.2 Å². The second-order valence-electron chi connectivity index (χ2n) is 7.53. The van der Waals surface area contributed by atoms with Crippen LogP contribution >= 0.6 is 0 Å². The highest BCUT2D eigenvalue weighted by Crippen LogP contribution is 2.31. The van der Waals surface area contributed by atoms with Crippen LogP contribution in [-0.2, 0) is 6.54 Å². The lowest BCUT2D eigenvalue weighted by Crippen LogP contribution is -1.92. The molecular formula is C28H23N3. The molecule has 3 heterocycles. The van der Waals surface area contributed by atoms with Crippen molar-refractivity contribution in [2.24, 2.45) is 0 Å². The Morgan fingerprint density at radius 1 is 0.581 bits per heavy atom. The molecule has 5 aromatic rings. The molecule has 3 nitrogen and oxygen atoms in total. The average molecular weight is 402 g/mol. The Labute approximate surface area is 182 Å². The average Bonchev–Trinajstić information content (AvgIpc) is 3.15. The van der Waals surface area contributed by atoms with Gasteiger partial charge in [-0.25, -0.2) is 0 Å². The number of hydrogen-bond donors (Lipinski definition) is 0. The van der Waals surface area contributed by atoms with Crippen LogP contribution in [0.4, 0.5) is 0 Å². The van der Waals surface area contributed by atoms with Gasteiger partial charge in [0.15, 0.2) is 0 Å². The third kappa shape index (κ3) is 3.90. The fourth-order valence-electron chi connectivity index (χ4n) is 4.02. The van der Waals surface area contributed by atoms with E-state index in [1.807, 2.05) is 49.1 Å². The van der Waals surface area contributed by atoms with Crippen molar-refractivity contribution in [2.45, 2.75) is 13.5 Å². The van der Waals surface area contributed by atoms with Gasteiger partial charge < -0.3 is 4.57 Å². The van der Waals surface area contributed by atoms with Crippen LogP contribution in [0, 0.1) is 0 Å². The van der Waals surface area contributed by atoms with Gasteiger partial charge in [0, 0.05) is 53.1 Å². The van der Waals surface area contributed by atoms with Crippen molar-refractivity contribution >= 4 is 46.1 Å². The van der Waals surface area contributed by atoms with Gasteiger partial charge in [-0.15, -0.1) is 0 Å². The standard InChI is InChI=1S/C28H23N3/c1-2-31-27-9-7-23(5-3-21-11-15-29-16-12-21)19-25(27)26-20-24(8-10-28(26)31)6-4-22-13-17-30-18-14-22/h3-20H,2H2,1H3. The van der Waals surface area contributed by atoms with Crippen LogP contribution in [0.5, 0.6) is 0 Å². The minimum Gasteiger partial charge on any atom is -0.341 e. The van der Waals surface area contributed by atoms with Gasteiger partial charge in [0.25, 0.3) is 0 Å². The molecule has 0 saturated carbocycles. The van der Waals surface area contributed by atoms with Crippen molar-refractivity contribution in [2.75, 3.05) is 0 Å². The van der Waals surface area contributed by atoms with Gasteiger partial charge in [0.1, 0.15) is 0 Å². The first-order valence-corrected chi connectivity index (χ1v) is 10.5. The zero-order valence-corrected chi connectivity index (χ0v) is 17.4. The van der Waals surface area contributed by atoms with Crippen LogP contribution in [0.2, 0.25) is 0 Å². The van der Waals surface area contributed by atoms with E-state index in [9.17, 15) is 0 Å². The minimum atomic E-state index is 0.943. The Hall–Kier alpha value is -3.98. The Balaban J connectivity index is 1.58. The van der Waals surface area contributed by atoms with Gasteiger partial charge >= 0.3 is 0 Å². The van der Waals surface area contributed by atoms with Gasteiger partial charge in [-0.2, -0.15) is 0 Å². The van der Waals surface area contributed by atoms with Crippen LogP contribution < -0.4 is 0 Å². The third-order valence-corrected chi connectivity index (χ3v) is 5.58. The van der Waals surface area contributed by atoms with Gasteiger partial charge in [-0.3, -0.25) is 9.97 Å². The molecule has 0 spiro atoms. The van der Waals surface area contributed by atoms with Crippen LogP contribution in [0.3, 0.4) is 0 Å². The van der Waals surface area contributed by atoms with Crippen molar-refractivity contribution < 1.29 is 0 Å². The number of pyridine rings is 2. The quantitative estimate of drug-likeness (QED) is 0.319. The summed E-state index contributed by atoms with van der Waals surface area (Å²) in [5, 5.41) is 2.57. The summed E-state index contributed by atoms with van der Waals surface area (Å²) in [5.74, 6) is 0. The van der Waals surface area contributed by atoms with E-state index in [1.165, 1.54) is 32.9 Å². The summed E-state index contributed by atoms with van der Waals surface area (Å²) in [6.45, 7) is 3.14. The largest absolute Gasteiger partial charge is 0.341 e. The molecule has 0 N–H and O–H groups in total. The Kier molecular flexibility index (Phi) is 5.16. The molecule has 2 aromatic carbocycles. The van der Waals surface area contributed by atoms with E-state index >= 15 is 0 Å². The normalized spacial score (nSPS) is 11.9. The summed E-state index contributed by atoms with van der Waals surface area (Å²) in [6, 6.07) is 21.5. The molecule has 0 amide bonds. The Bertz CT molecular complexity index is 1290. The summed E-state index contributed by atoms with van der Waals surface area (Å²) in [6.07, 6.45) is 15.9. The molecule has 0 aliphatic heterocycles. The van der Waals surface area contributed by atoms with Crippen molar-refractivity contribution in [1.29, 1.82) is 0 Å². The minimum absolute atomic E-state index is 0.943. The smallest absolute Gasteiger partial charge is 0.0491 e. The first-order chi connectivity index (χ1) is 15.3. The number of aryl methyl sites for hydroxylation is 1. The summed E-state index contributed by atoms with van der Waals surface area (Å²) in [7, 11) is 0. The second-order valence-corrected chi connectivity index (χ2v) is 7.53. The highest BCUT2D eigenvalue weighted by Gasteiger charge is 2.10. The van der Waals surface area contributed by atoms with Gasteiger partial charge in [-0.1, -0.05) is 36.4 Å². The zero-order chi connectivity index (χ0) is 21.0. The SMILES string of the molecule is CCn1c2ccc(C=Cc3ccncc3)cc2c2cc(C=Cc3ccncc3)ccc21. The lowest BCUT2D eigenvalue weighted by molar-refractivity contribution is 0.827. The lowest BCUT2D eigenvalue weighted by atomic mass is 10.1. The monoisotopic (exact) mass is 401 g/mol. The molecule has 3 heteroatoms. The first kappa shape index (κ1) is 19.0. The highest BCUT2D eigenvalue weighted by molar-refractivity contribution is 6.09. The molecule has 0 aliphatic rings. The molecular weight excluding hydrogens is 378 g/mol. The van der Waals surface area contributed by atoms with Gasteiger partial charge in [0.2, 0.25) is 0 Å². The molecule has 31 heavy (non-hydrogen) atoms. The fraction of sp³-hybridized carbons (Fsp3) is 0.0714. The number of benzene rings is 2. The molecule has 0 unspecified atom stereocenters. The zero-order valence-electron chi connectivity index (χ0n) is 17.4. The Morgan fingerprint density at radius 2 is 1.00 bits per heavy atom. The predicted octanol–water partition coefficient (Wildman–Crippen LogP) is 6.95. The van der Waals surface area contributed by atoms with Crippen LogP contribution in [-0.4, -0.2) is 14.5 Å². The summed E-state index contributed by atoms with van der Waals surface area (Å²) in [5.41, 5.74) is 7.22. The number of aromatic nitrogens is 3. The summed E-state index contributed by atoms with van der Waals surface area (Å²) >= 11 is 0. The van der Waals surface area contributed by atoms with Crippen molar-refractivity contribution in [3.63, 3.8) is 0 Å². The Morgan fingerprint density at radius 3 is 1.42 bits per heavy atom. The van der Waals surface area contributed by atoms with E-state index < -0.39 is 0 Å². The van der Waals surface area contributed by atoms with Crippen molar-refractivity contribution in [3.8, 4) is 0 Å². The summed E-state index contributed by atoms with van der Waals surface area (Å²) in [4.78, 5) is 8.17. The van der Waals surface area contributed by atoms with E-state index in [0.717, 1.165) is 17.7 Å². The topological polar surface area (TPSA) is 30.7 Å². The fourth-order valence-corrected chi connectivity index (χ4v) is 4.02. The van der Waals surface area contributed by atoms with E-state index in [0.29, 0.717) is 0 Å². The van der Waals surface area contributed by atoms with E-state index in [1.54, 1.807) is 0 Å². The molecule has 0 saturated heterocycles. The maximum Gasteiger partial charge on any atom is 0.0491 e. The number of hydrogen-bond acceptors (Lipinski definition) is 2. The van der Waals surface area contributed by atoms with E-state index in [2.05, 4.69) is 82.2 Å². The van der Waals surface area contributed by atoms with E-state index in [-0.39, 0.29) is 0 Å². The van der Waals surface area contributed by atoms with Gasteiger partial charge in [0.05, 0.1) is 0 Å². The number of fused-ring (bicyclic) bond motifs is 3. The van der Waals surface area contributed by atoms with Crippen LogP contribution in [0.25, 0.3) is 46.1 Å². The predicted molar refractivity (Wildman–Crippen MR) is 131 cm³/mol. The van der Waals surface area contributed by atoms with Crippen LogP contribution in [0.15, 0.2) is 85.5 Å². The lowest BCUT2D eigenvalue weighted by Gasteiger charge is -2.03.